The molecule has 1 fully saturated rings. The number of nitrogens with zero attached hydrogens (tertiary/aromatic N) is 1. The molecule has 0 atom stereocenters. The average molecular weight is 314 g/mol. The third-order valence-electron chi connectivity index (χ3n) is 3.97. The number of benzene rings is 1. The van der Waals surface area contributed by atoms with Crippen molar-refractivity contribution in [2.75, 3.05) is 12.0 Å². The van der Waals surface area contributed by atoms with E-state index in [1.54, 1.807) is 0 Å². The van der Waals surface area contributed by atoms with Crippen LogP contribution in [0.15, 0.2) is 23.1 Å². The van der Waals surface area contributed by atoms with Gasteiger partial charge in [0, 0.05) is 6.54 Å². The van der Waals surface area contributed by atoms with Gasteiger partial charge in [0.2, 0.25) is 10.0 Å². The highest BCUT2D eigenvalue weighted by Gasteiger charge is 2.42. The van der Waals surface area contributed by atoms with E-state index >= 15 is 0 Å². The number of nitrogens with one attached hydrogen (secondary N) is 2. The summed E-state index contributed by atoms with van der Waals surface area (Å²) >= 11 is 0. The Labute approximate surface area is 122 Å². The van der Waals surface area contributed by atoms with Crippen molar-refractivity contribution in [3.05, 3.63) is 28.3 Å². The van der Waals surface area contributed by atoms with Crippen LogP contribution in [0.1, 0.15) is 26.2 Å². The fourth-order valence-corrected chi connectivity index (χ4v) is 3.55. The summed E-state index contributed by atoms with van der Waals surface area (Å²) in [4.78, 5) is 10.0. The van der Waals surface area contributed by atoms with Crippen LogP contribution in [0.2, 0.25) is 0 Å². The van der Waals surface area contributed by atoms with E-state index in [-0.39, 0.29) is 16.0 Å². The summed E-state index contributed by atoms with van der Waals surface area (Å²) in [6.07, 6.45) is 2.82. The fourth-order valence-electron chi connectivity index (χ4n) is 2.20. The number of hydrogen-bond donors (Lipinski definition) is 3. The van der Waals surface area contributed by atoms with Crippen LogP contribution in [-0.4, -0.2) is 19.9 Å². The van der Waals surface area contributed by atoms with Crippen LogP contribution in [0.25, 0.3) is 0 Å². The summed E-state index contributed by atoms with van der Waals surface area (Å²) < 4.78 is 27.1. The molecule has 21 heavy (non-hydrogen) atoms. The van der Waals surface area contributed by atoms with Gasteiger partial charge < -0.3 is 5.43 Å². The molecular weight excluding hydrogens is 296 g/mol. The molecule has 0 heterocycles. The van der Waals surface area contributed by atoms with Crippen LogP contribution in [0, 0.1) is 15.5 Å². The summed E-state index contributed by atoms with van der Waals surface area (Å²) in [6, 6.07) is 3.96. The van der Waals surface area contributed by atoms with Crippen LogP contribution < -0.4 is 16.0 Å². The second-order valence-corrected chi connectivity index (χ2v) is 6.97. The molecule has 0 unspecified atom stereocenters. The van der Waals surface area contributed by atoms with E-state index in [4.69, 9.17) is 5.84 Å². The number of rotatable bonds is 7. The first-order valence-electron chi connectivity index (χ1n) is 6.59. The lowest BCUT2D eigenvalue weighted by Gasteiger charge is -2.14. The number of anilines is 1. The Hall–Kier alpha value is -1.71. The molecule has 8 nitrogen and oxygen atoms in total. The Morgan fingerprint density at radius 1 is 1.43 bits per heavy atom. The van der Waals surface area contributed by atoms with Gasteiger partial charge in [0.15, 0.2) is 4.90 Å². The molecule has 1 aromatic carbocycles. The Morgan fingerprint density at radius 3 is 2.57 bits per heavy atom. The van der Waals surface area contributed by atoms with Crippen molar-refractivity contribution in [2.24, 2.45) is 11.3 Å². The number of para-hydroxylation sites is 1. The highest BCUT2D eigenvalue weighted by Crippen LogP contribution is 2.48. The average Bonchev–Trinajstić information content (AvgIpc) is 3.25. The van der Waals surface area contributed by atoms with Crippen LogP contribution in [0.3, 0.4) is 0 Å². The summed E-state index contributed by atoms with van der Waals surface area (Å²) in [5.74, 6) is 5.21. The Bertz CT molecular complexity index is 655. The van der Waals surface area contributed by atoms with Crippen molar-refractivity contribution < 1.29 is 13.3 Å². The molecule has 0 radical (unpaired) electrons. The molecule has 0 aromatic heterocycles. The van der Waals surface area contributed by atoms with Gasteiger partial charge in [-0.3, -0.25) is 16.0 Å². The van der Waals surface area contributed by atoms with Gasteiger partial charge >= 0.3 is 5.69 Å². The van der Waals surface area contributed by atoms with Gasteiger partial charge in [0.25, 0.3) is 0 Å². The number of nitro benzene ring substituents is 1. The molecule has 1 saturated carbocycles. The molecule has 1 aromatic rings. The smallest absolute Gasteiger partial charge is 0.313 e. The van der Waals surface area contributed by atoms with E-state index in [0.29, 0.717) is 6.54 Å². The van der Waals surface area contributed by atoms with Gasteiger partial charge in [-0.15, -0.1) is 0 Å². The van der Waals surface area contributed by atoms with E-state index in [1.807, 2.05) is 6.92 Å². The minimum absolute atomic E-state index is 0.00553. The van der Waals surface area contributed by atoms with Gasteiger partial charge in [-0.05, 0) is 36.8 Å². The number of nitrogen functional groups attached to an aromatic ring is 1. The molecule has 0 bridgehead atoms. The zero-order valence-electron chi connectivity index (χ0n) is 11.6. The Kier molecular flexibility index (Phi) is 4.17. The van der Waals surface area contributed by atoms with Crippen LogP contribution in [-0.2, 0) is 10.0 Å². The van der Waals surface area contributed by atoms with Crippen molar-refractivity contribution >= 4 is 21.4 Å². The molecule has 1 aliphatic carbocycles. The molecule has 0 spiro atoms. The maximum Gasteiger partial charge on any atom is 0.313 e. The van der Waals surface area contributed by atoms with E-state index in [1.165, 1.54) is 18.2 Å². The number of hydrazine groups is 1. The van der Waals surface area contributed by atoms with Crippen LogP contribution >= 0.6 is 0 Å². The van der Waals surface area contributed by atoms with Crippen LogP contribution in [0.5, 0.6) is 0 Å². The van der Waals surface area contributed by atoms with E-state index in [2.05, 4.69) is 10.1 Å². The Balaban J connectivity index is 2.33. The van der Waals surface area contributed by atoms with Gasteiger partial charge in [-0.25, -0.2) is 13.1 Å². The van der Waals surface area contributed by atoms with E-state index < -0.39 is 20.6 Å². The van der Waals surface area contributed by atoms with E-state index in [0.717, 1.165) is 19.3 Å². The summed E-state index contributed by atoms with van der Waals surface area (Å²) in [6.45, 7) is 2.30. The number of hydrogen-bond acceptors (Lipinski definition) is 6. The van der Waals surface area contributed by atoms with Gasteiger partial charge in [0.1, 0.15) is 5.69 Å². The summed E-state index contributed by atoms with van der Waals surface area (Å²) in [5, 5.41) is 11.1. The molecule has 0 amide bonds. The lowest BCUT2D eigenvalue weighted by Crippen LogP contribution is -2.30. The molecular formula is C12H18N4O4S. The molecule has 0 aliphatic heterocycles. The minimum atomic E-state index is -3.96. The fraction of sp³-hybridized carbons (Fsp3) is 0.500. The van der Waals surface area contributed by atoms with Crippen molar-refractivity contribution in [1.29, 1.82) is 0 Å². The first-order valence-corrected chi connectivity index (χ1v) is 8.07. The maximum atomic E-state index is 12.3. The largest absolute Gasteiger partial charge is 0.318 e. The minimum Gasteiger partial charge on any atom is -0.318 e. The zero-order chi connectivity index (χ0) is 15.7. The second-order valence-electron chi connectivity index (χ2n) is 5.23. The van der Waals surface area contributed by atoms with Gasteiger partial charge in [0.05, 0.1) is 4.92 Å². The topological polar surface area (TPSA) is 127 Å². The molecule has 0 saturated heterocycles. The lowest BCUT2D eigenvalue weighted by atomic mass is 10.1. The molecule has 2 rings (SSSR count). The van der Waals surface area contributed by atoms with Crippen molar-refractivity contribution in [1.82, 2.24) is 4.72 Å². The number of nitrogens with two attached hydrogens (primary N) is 1. The number of nitro groups is 1. The quantitative estimate of drug-likeness (QED) is 0.396. The van der Waals surface area contributed by atoms with Crippen molar-refractivity contribution in [2.45, 2.75) is 31.1 Å². The monoisotopic (exact) mass is 314 g/mol. The third-order valence-corrected chi connectivity index (χ3v) is 5.40. The predicted octanol–water partition coefficient (Wildman–Crippen LogP) is 1.35. The maximum absolute atomic E-state index is 12.3. The predicted molar refractivity (Wildman–Crippen MR) is 78.1 cm³/mol. The normalized spacial score (nSPS) is 16.5. The van der Waals surface area contributed by atoms with Crippen molar-refractivity contribution in [3.63, 3.8) is 0 Å². The molecule has 1 aliphatic rings. The molecule has 116 valence electrons. The highest BCUT2D eigenvalue weighted by atomic mass is 32.2. The van der Waals surface area contributed by atoms with Gasteiger partial charge in [-0.2, -0.15) is 0 Å². The standard InChI is InChI=1S/C12H18N4O4S/c1-2-12(6-7-12)8-14-21(19,20)10-5-3-4-9(15-13)11(10)16(17)18/h3-5,14-15H,2,6-8,13H2,1H3. The first-order chi connectivity index (χ1) is 9.85. The highest BCUT2D eigenvalue weighted by molar-refractivity contribution is 7.89. The molecule has 9 heteroatoms. The van der Waals surface area contributed by atoms with Crippen LogP contribution in [0.4, 0.5) is 11.4 Å². The second kappa shape index (κ2) is 5.58. The Morgan fingerprint density at radius 2 is 2.10 bits per heavy atom. The third kappa shape index (κ3) is 3.14. The first kappa shape index (κ1) is 15.7. The molecule has 4 N–H and O–H groups in total. The summed E-state index contributed by atoms with van der Waals surface area (Å²) in [5.41, 5.74) is 1.57. The van der Waals surface area contributed by atoms with E-state index in [9.17, 15) is 18.5 Å². The summed E-state index contributed by atoms with van der Waals surface area (Å²) in [7, 11) is -3.96. The number of sulfonamides is 1. The SMILES string of the molecule is CCC1(CNS(=O)(=O)c2cccc(NN)c2[N+](=O)[O-])CC1. The van der Waals surface area contributed by atoms with Gasteiger partial charge in [-0.1, -0.05) is 13.0 Å². The zero-order valence-corrected chi connectivity index (χ0v) is 12.4. The lowest BCUT2D eigenvalue weighted by molar-refractivity contribution is -0.386. The van der Waals surface area contributed by atoms with Crippen molar-refractivity contribution in [3.8, 4) is 0 Å².